The van der Waals surface area contributed by atoms with Gasteiger partial charge in [0.25, 0.3) is 0 Å². The molecule has 2 aliphatic rings. The first-order valence-electron chi connectivity index (χ1n) is 9.20. The van der Waals surface area contributed by atoms with E-state index in [0.29, 0.717) is 18.2 Å². The van der Waals surface area contributed by atoms with E-state index in [1.807, 2.05) is 0 Å². The van der Waals surface area contributed by atoms with Crippen LogP contribution < -0.4 is 0 Å². The van der Waals surface area contributed by atoms with Crippen LogP contribution >= 0.6 is 17.0 Å². The fourth-order valence-electron chi connectivity index (χ4n) is 4.51. The maximum Gasteiger partial charge on any atom is 0.108 e. The van der Waals surface area contributed by atoms with E-state index in [9.17, 15) is 0 Å². The van der Waals surface area contributed by atoms with Gasteiger partial charge in [0.1, 0.15) is 6.10 Å². The Morgan fingerprint density at radius 3 is 2.16 bits per heavy atom. The van der Waals surface area contributed by atoms with E-state index < -0.39 is 0 Å². The molecule has 4 rings (SSSR count). The molecule has 2 bridgehead atoms. The molecule has 2 saturated heterocycles. The van der Waals surface area contributed by atoms with Crippen molar-refractivity contribution >= 4 is 17.0 Å². The highest BCUT2D eigenvalue weighted by molar-refractivity contribution is 8.93. The number of hydrogen-bond acceptors (Lipinski definition) is 2. The molecule has 4 atom stereocenters. The Morgan fingerprint density at radius 1 is 0.920 bits per heavy atom. The number of rotatable bonds is 4. The van der Waals surface area contributed by atoms with Crippen LogP contribution in [0.25, 0.3) is 0 Å². The zero-order valence-electron chi connectivity index (χ0n) is 15.1. The van der Waals surface area contributed by atoms with Crippen LogP contribution in [-0.2, 0) is 4.74 Å². The molecule has 0 spiro atoms. The largest absolute Gasteiger partial charge is 0.365 e. The summed E-state index contributed by atoms with van der Waals surface area (Å²) in [7, 11) is 2.29. The minimum absolute atomic E-state index is 0. The topological polar surface area (TPSA) is 12.5 Å². The first-order chi connectivity index (χ1) is 11.7. The van der Waals surface area contributed by atoms with Crippen LogP contribution in [0, 0.1) is 6.92 Å². The molecule has 0 radical (unpaired) electrons. The fraction of sp³-hybridized carbons (Fsp3) is 0.455. The van der Waals surface area contributed by atoms with Gasteiger partial charge in [-0.2, -0.15) is 0 Å². The summed E-state index contributed by atoms with van der Waals surface area (Å²) >= 11 is 0. The molecule has 25 heavy (non-hydrogen) atoms. The van der Waals surface area contributed by atoms with Crippen LogP contribution in [0.2, 0.25) is 0 Å². The van der Waals surface area contributed by atoms with Crippen molar-refractivity contribution in [1.82, 2.24) is 4.90 Å². The van der Waals surface area contributed by atoms with Crippen molar-refractivity contribution in [1.29, 1.82) is 0 Å². The van der Waals surface area contributed by atoms with Gasteiger partial charge in [0.15, 0.2) is 0 Å². The number of nitrogens with zero attached hydrogens (tertiary/aromatic N) is 1. The SMILES string of the molecule is Br.Cc1ccccc1C(OC1C[C@H]2CC[C@@H](C1)N2C)c1ccccc1. The van der Waals surface area contributed by atoms with E-state index in [2.05, 4.69) is 73.5 Å². The summed E-state index contributed by atoms with van der Waals surface area (Å²) in [5.41, 5.74) is 3.87. The van der Waals surface area contributed by atoms with Gasteiger partial charge in [0.05, 0.1) is 6.10 Å². The van der Waals surface area contributed by atoms with E-state index in [1.165, 1.54) is 42.4 Å². The van der Waals surface area contributed by atoms with Crippen LogP contribution in [0.15, 0.2) is 54.6 Å². The van der Waals surface area contributed by atoms with Crippen LogP contribution in [-0.4, -0.2) is 30.1 Å². The van der Waals surface area contributed by atoms with Gasteiger partial charge in [-0.3, -0.25) is 0 Å². The van der Waals surface area contributed by atoms with Gasteiger partial charge in [-0.25, -0.2) is 0 Å². The fourth-order valence-corrected chi connectivity index (χ4v) is 4.51. The van der Waals surface area contributed by atoms with Gasteiger partial charge in [0.2, 0.25) is 0 Å². The molecule has 2 heterocycles. The third kappa shape index (κ3) is 3.84. The maximum atomic E-state index is 6.75. The molecule has 0 aromatic heterocycles. The zero-order valence-corrected chi connectivity index (χ0v) is 16.8. The molecule has 2 aliphatic heterocycles. The number of ether oxygens (including phenoxy) is 1. The Balaban J connectivity index is 0.00000182. The second kappa shape index (κ2) is 8.03. The zero-order chi connectivity index (χ0) is 16.5. The maximum absolute atomic E-state index is 6.75. The summed E-state index contributed by atoms with van der Waals surface area (Å²) < 4.78 is 6.75. The molecular formula is C22H28BrNO. The molecule has 2 nitrogen and oxygen atoms in total. The quantitative estimate of drug-likeness (QED) is 0.688. The Kier molecular flexibility index (Phi) is 5.98. The molecule has 2 aromatic carbocycles. The standard InChI is InChI=1S/C22H27NO.BrH/c1-16-8-6-7-11-21(16)22(17-9-4-3-5-10-17)24-20-14-18-12-13-19(15-20)23(18)2;/h3-11,18-20,22H,12-15H2,1-2H3;1H/t18-,19+,20?,22?;. The van der Waals surface area contributed by atoms with Gasteiger partial charge in [-0.1, -0.05) is 54.6 Å². The van der Waals surface area contributed by atoms with Crippen LogP contribution in [0.5, 0.6) is 0 Å². The van der Waals surface area contributed by atoms with Gasteiger partial charge in [0, 0.05) is 12.1 Å². The monoisotopic (exact) mass is 401 g/mol. The van der Waals surface area contributed by atoms with Gasteiger partial charge in [-0.05, 0) is 56.3 Å². The highest BCUT2D eigenvalue weighted by Gasteiger charge is 2.39. The average molecular weight is 402 g/mol. The molecule has 3 heteroatoms. The summed E-state index contributed by atoms with van der Waals surface area (Å²) in [6.45, 7) is 2.19. The third-order valence-electron chi connectivity index (χ3n) is 5.96. The van der Waals surface area contributed by atoms with Crippen LogP contribution in [0.3, 0.4) is 0 Å². The van der Waals surface area contributed by atoms with E-state index >= 15 is 0 Å². The summed E-state index contributed by atoms with van der Waals surface area (Å²) in [5.74, 6) is 0. The lowest BCUT2D eigenvalue weighted by atomic mass is 9.95. The number of fused-ring (bicyclic) bond motifs is 2. The normalized spacial score (nSPS) is 26.9. The molecule has 0 amide bonds. The Bertz CT molecular complexity index is 675. The first-order valence-corrected chi connectivity index (χ1v) is 9.20. The molecule has 2 fully saturated rings. The van der Waals surface area contributed by atoms with E-state index in [0.717, 1.165) is 0 Å². The Morgan fingerprint density at radius 2 is 1.52 bits per heavy atom. The molecule has 0 aliphatic carbocycles. The summed E-state index contributed by atoms with van der Waals surface area (Å²) in [6.07, 6.45) is 5.41. The number of halogens is 1. The predicted molar refractivity (Wildman–Crippen MR) is 108 cm³/mol. The Labute approximate surface area is 162 Å². The molecule has 2 unspecified atom stereocenters. The summed E-state index contributed by atoms with van der Waals surface area (Å²) in [5, 5.41) is 0. The van der Waals surface area contributed by atoms with Gasteiger partial charge >= 0.3 is 0 Å². The smallest absolute Gasteiger partial charge is 0.108 e. The minimum Gasteiger partial charge on any atom is -0.365 e. The Hall–Kier alpha value is -1.16. The number of piperidine rings is 1. The molecule has 0 N–H and O–H groups in total. The van der Waals surface area contributed by atoms with Crippen molar-refractivity contribution < 1.29 is 4.74 Å². The van der Waals surface area contributed by atoms with E-state index in [4.69, 9.17) is 4.74 Å². The van der Waals surface area contributed by atoms with Crippen molar-refractivity contribution in [2.24, 2.45) is 0 Å². The molecular weight excluding hydrogens is 374 g/mol. The third-order valence-corrected chi connectivity index (χ3v) is 5.96. The van der Waals surface area contributed by atoms with Crippen LogP contribution in [0.4, 0.5) is 0 Å². The van der Waals surface area contributed by atoms with Crippen LogP contribution in [0.1, 0.15) is 48.5 Å². The second-order valence-electron chi connectivity index (χ2n) is 7.43. The molecule has 0 saturated carbocycles. The van der Waals surface area contributed by atoms with Crippen molar-refractivity contribution in [3.8, 4) is 0 Å². The average Bonchev–Trinajstić information content (AvgIpc) is 2.83. The summed E-state index contributed by atoms with van der Waals surface area (Å²) in [4.78, 5) is 2.57. The molecule has 134 valence electrons. The number of aryl methyl sites for hydroxylation is 1. The van der Waals surface area contributed by atoms with Gasteiger partial charge < -0.3 is 9.64 Å². The highest BCUT2D eigenvalue weighted by atomic mass is 79.9. The summed E-state index contributed by atoms with van der Waals surface area (Å²) in [6, 6.07) is 20.8. The lowest BCUT2D eigenvalue weighted by Crippen LogP contribution is -2.43. The van der Waals surface area contributed by atoms with E-state index in [1.54, 1.807) is 0 Å². The second-order valence-corrected chi connectivity index (χ2v) is 7.43. The van der Waals surface area contributed by atoms with Crippen molar-refractivity contribution in [2.75, 3.05) is 7.05 Å². The lowest BCUT2D eigenvalue weighted by molar-refractivity contribution is -0.0428. The number of hydrogen-bond donors (Lipinski definition) is 0. The number of benzene rings is 2. The lowest BCUT2D eigenvalue weighted by Gasteiger charge is -2.38. The molecule has 2 aromatic rings. The van der Waals surface area contributed by atoms with Gasteiger partial charge in [-0.15, -0.1) is 17.0 Å². The minimum atomic E-state index is 0. The van der Waals surface area contributed by atoms with Crippen molar-refractivity contribution in [3.05, 3.63) is 71.3 Å². The van der Waals surface area contributed by atoms with Crippen molar-refractivity contribution in [2.45, 2.75) is 56.9 Å². The van der Waals surface area contributed by atoms with Crippen molar-refractivity contribution in [3.63, 3.8) is 0 Å². The first kappa shape index (κ1) is 18.6. The highest BCUT2D eigenvalue weighted by Crippen LogP contribution is 2.39. The predicted octanol–water partition coefficient (Wildman–Crippen LogP) is 5.30. The van der Waals surface area contributed by atoms with E-state index in [-0.39, 0.29) is 23.1 Å².